The molecule has 0 N–H and O–H groups in total. The van der Waals surface area contributed by atoms with E-state index in [1.165, 1.54) is 15.5 Å². The molecule has 128 valence electrons. The van der Waals surface area contributed by atoms with E-state index >= 15 is 0 Å². The fourth-order valence-corrected chi connectivity index (χ4v) is 2.52. The molecule has 25 heavy (non-hydrogen) atoms. The number of ether oxygens (including phenoxy) is 1. The maximum atomic E-state index is 12.5. The third-order valence-corrected chi connectivity index (χ3v) is 3.92. The number of pyridine rings is 1. The standard InChI is InChI=1S/C18H16ClN3O3/c1-21(9-10-25-14-6-4-5-13(19)11-14)17(23)15-12-20-16-7-2-3-8-22(16)18(15)24/h2-8,11-12H,9-10H2,1H3. The molecule has 1 amide bonds. The van der Waals surface area contributed by atoms with Crippen molar-refractivity contribution in [1.82, 2.24) is 14.3 Å². The van der Waals surface area contributed by atoms with Crippen LogP contribution < -0.4 is 10.3 Å². The number of carbonyl (C=O) groups excluding carboxylic acids is 1. The second kappa shape index (κ2) is 7.36. The lowest BCUT2D eigenvalue weighted by molar-refractivity contribution is 0.0771. The molecule has 0 aliphatic rings. The summed E-state index contributed by atoms with van der Waals surface area (Å²) in [7, 11) is 1.61. The fraction of sp³-hybridized carbons (Fsp3) is 0.167. The number of halogens is 1. The summed E-state index contributed by atoms with van der Waals surface area (Å²) in [6.45, 7) is 0.604. The Hall–Kier alpha value is -2.86. The van der Waals surface area contributed by atoms with E-state index in [9.17, 15) is 9.59 Å². The highest BCUT2D eigenvalue weighted by Gasteiger charge is 2.17. The summed E-state index contributed by atoms with van der Waals surface area (Å²) in [6, 6.07) is 12.2. The first kappa shape index (κ1) is 17.0. The molecule has 0 atom stereocenters. The Morgan fingerprint density at radius 2 is 2.12 bits per heavy atom. The van der Waals surface area contributed by atoms with Gasteiger partial charge in [0.25, 0.3) is 11.5 Å². The van der Waals surface area contributed by atoms with Crippen molar-refractivity contribution in [2.75, 3.05) is 20.2 Å². The van der Waals surface area contributed by atoms with Gasteiger partial charge >= 0.3 is 0 Å². The first-order valence-electron chi connectivity index (χ1n) is 7.66. The minimum Gasteiger partial charge on any atom is -0.492 e. The number of amides is 1. The summed E-state index contributed by atoms with van der Waals surface area (Å²) in [4.78, 5) is 30.5. The number of benzene rings is 1. The quantitative estimate of drug-likeness (QED) is 0.703. The zero-order chi connectivity index (χ0) is 17.8. The number of aromatic nitrogens is 2. The van der Waals surface area contributed by atoms with Crippen molar-refractivity contribution in [3.8, 4) is 5.75 Å². The van der Waals surface area contributed by atoms with Crippen LogP contribution in [0.15, 0.2) is 59.7 Å². The largest absolute Gasteiger partial charge is 0.492 e. The Morgan fingerprint density at radius 1 is 1.28 bits per heavy atom. The lowest BCUT2D eigenvalue weighted by Gasteiger charge is -2.17. The van der Waals surface area contributed by atoms with Crippen LogP contribution in [0.2, 0.25) is 5.02 Å². The van der Waals surface area contributed by atoms with Crippen LogP contribution in [0.25, 0.3) is 5.65 Å². The highest BCUT2D eigenvalue weighted by Crippen LogP contribution is 2.16. The highest BCUT2D eigenvalue weighted by atomic mass is 35.5. The van der Waals surface area contributed by atoms with E-state index < -0.39 is 11.5 Å². The summed E-state index contributed by atoms with van der Waals surface area (Å²) >= 11 is 5.89. The molecule has 0 unspecified atom stereocenters. The van der Waals surface area contributed by atoms with Gasteiger partial charge in [0, 0.05) is 24.5 Å². The Bertz CT molecular complexity index is 971. The molecule has 0 radical (unpaired) electrons. The molecule has 0 aliphatic carbocycles. The van der Waals surface area contributed by atoms with Crippen LogP contribution in [0.3, 0.4) is 0 Å². The number of hydrogen-bond donors (Lipinski definition) is 0. The number of likely N-dealkylation sites (N-methyl/N-ethyl adjacent to an activating group) is 1. The molecular weight excluding hydrogens is 342 g/mol. The number of fused-ring (bicyclic) bond motifs is 1. The third kappa shape index (κ3) is 3.80. The van der Waals surface area contributed by atoms with Gasteiger partial charge in [-0.25, -0.2) is 4.98 Å². The van der Waals surface area contributed by atoms with E-state index in [2.05, 4.69) is 4.98 Å². The van der Waals surface area contributed by atoms with Gasteiger partial charge in [0.1, 0.15) is 23.6 Å². The number of nitrogens with zero attached hydrogens (tertiary/aromatic N) is 3. The van der Waals surface area contributed by atoms with E-state index in [0.29, 0.717) is 23.0 Å². The summed E-state index contributed by atoms with van der Waals surface area (Å²) in [5, 5.41) is 0.581. The van der Waals surface area contributed by atoms with Gasteiger partial charge in [-0.05, 0) is 30.3 Å². The molecule has 2 heterocycles. The monoisotopic (exact) mass is 357 g/mol. The first-order chi connectivity index (χ1) is 12.1. The van der Waals surface area contributed by atoms with Crippen LogP contribution in [0.1, 0.15) is 10.4 Å². The average molecular weight is 358 g/mol. The average Bonchev–Trinajstić information content (AvgIpc) is 2.62. The lowest BCUT2D eigenvalue weighted by atomic mass is 10.3. The zero-order valence-corrected chi connectivity index (χ0v) is 14.3. The smallest absolute Gasteiger partial charge is 0.270 e. The van der Waals surface area contributed by atoms with Crippen LogP contribution in [-0.4, -0.2) is 40.4 Å². The molecule has 2 aromatic heterocycles. The van der Waals surface area contributed by atoms with Crippen molar-refractivity contribution in [3.05, 3.63) is 75.8 Å². The summed E-state index contributed by atoms with van der Waals surface area (Å²) in [5.41, 5.74) is 0.128. The van der Waals surface area contributed by atoms with Crippen molar-refractivity contribution in [1.29, 1.82) is 0 Å². The van der Waals surface area contributed by atoms with Gasteiger partial charge in [0.05, 0.1) is 6.54 Å². The van der Waals surface area contributed by atoms with Gasteiger partial charge in [-0.2, -0.15) is 0 Å². The van der Waals surface area contributed by atoms with Crippen molar-refractivity contribution in [2.45, 2.75) is 0 Å². The SMILES string of the molecule is CN(CCOc1cccc(Cl)c1)C(=O)c1cnc2ccccn2c1=O. The van der Waals surface area contributed by atoms with Crippen LogP contribution in [0.5, 0.6) is 5.75 Å². The molecule has 3 rings (SSSR count). The Morgan fingerprint density at radius 3 is 2.92 bits per heavy atom. The normalized spacial score (nSPS) is 10.6. The molecule has 1 aromatic carbocycles. The first-order valence-corrected chi connectivity index (χ1v) is 8.04. The zero-order valence-electron chi connectivity index (χ0n) is 13.6. The maximum absolute atomic E-state index is 12.5. The minimum absolute atomic E-state index is 0.0222. The Balaban J connectivity index is 1.68. The maximum Gasteiger partial charge on any atom is 0.270 e. The molecule has 3 aromatic rings. The van der Waals surface area contributed by atoms with Crippen LogP contribution in [-0.2, 0) is 0 Å². The van der Waals surface area contributed by atoms with Crippen molar-refractivity contribution >= 4 is 23.2 Å². The molecule has 6 nitrogen and oxygen atoms in total. The number of rotatable bonds is 5. The van der Waals surface area contributed by atoms with Gasteiger partial charge in [0.2, 0.25) is 0 Å². The second-order valence-corrected chi connectivity index (χ2v) is 5.87. The molecule has 0 bridgehead atoms. The van der Waals surface area contributed by atoms with Crippen LogP contribution in [0.4, 0.5) is 0 Å². The molecule has 0 saturated carbocycles. The molecular formula is C18H16ClN3O3. The van der Waals surface area contributed by atoms with E-state index in [4.69, 9.17) is 16.3 Å². The third-order valence-electron chi connectivity index (χ3n) is 3.68. The highest BCUT2D eigenvalue weighted by molar-refractivity contribution is 6.30. The van der Waals surface area contributed by atoms with Crippen molar-refractivity contribution in [2.24, 2.45) is 0 Å². The topological polar surface area (TPSA) is 63.9 Å². The predicted octanol–water partition coefficient (Wildman–Crippen LogP) is 2.50. The van der Waals surface area contributed by atoms with Gasteiger partial charge in [0.15, 0.2) is 0 Å². The van der Waals surface area contributed by atoms with Gasteiger partial charge < -0.3 is 9.64 Å². The molecule has 0 saturated heterocycles. The number of hydrogen-bond acceptors (Lipinski definition) is 4. The van der Waals surface area contributed by atoms with Crippen LogP contribution >= 0.6 is 11.6 Å². The van der Waals surface area contributed by atoms with E-state index in [0.717, 1.165) is 0 Å². The lowest BCUT2D eigenvalue weighted by Crippen LogP contribution is -2.35. The molecule has 0 fully saturated rings. The fourth-order valence-electron chi connectivity index (χ4n) is 2.34. The Kier molecular flexibility index (Phi) is 5.00. The van der Waals surface area contributed by atoms with Crippen LogP contribution in [0, 0.1) is 0 Å². The Labute approximate surface area is 149 Å². The minimum atomic E-state index is -0.398. The van der Waals surface area contributed by atoms with Gasteiger partial charge in [-0.3, -0.25) is 14.0 Å². The second-order valence-electron chi connectivity index (χ2n) is 5.44. The molecule has 0 spiro atoms. The summed E-state index contributed by atoms with van der Waals surface area (Å²) in [6.07, 6.45) is 2.90. The van der Waals surface area contributed by atoms with Gasteiger partial charge in [-0.1, -0.05) is 23.7 Å². The van der Waals surface area contributed by atoms with E-state index in [1.807, 2.05) is 0 Å². The van der Waals surface area contributed by atoms with E-state index in [1.54, 1.807) is 55.7 Å². The van der Waals surface area contributed by atoms with Crippen molar-refractivity contribution in [3.63, 3.8) is 0 Å². The molecule has 7 heteroatoms. The summed E-state index contributed by atoms with van der Waals surface area (Å²) < 4.78 is 6.92. The van der Waals surface area contributed by atoms with Gasteiger partial charge in [-0.15, -0.1) is 0 Å². The van der Waals surface area contributed by atoms with E-state index in [-0.39, 0.29) is 12.2 Å². The summed E-state index contributed by atoms with van der Waals surface area (Å²) in [5.74, 6) is 0.228. The van der Waals surface area contributed by atoms with Crippen molar-refractivity contribution < 1.29 is 9.53 Å². The number of carbonyl (C=O) groups is 1. The molecule has 0 aliphatic heterocycles. The predicted molar refractivity (Wildman–Crippen MR) is 95.4 cm³/mol.